The van der Waals surface area contributed by atoms with Crippen LogP contribution in [-0.4, -0.2) is 121 Å². The first-order chi connectivity index (χ1) is 21.3. The fraction of sp³-hybridized carbons (Fsp3) is 0.517. The second kappa shape index (κ2) is 12.9. The van der Waals surface area contributed by atoms with Crippen molar-refractivity contribution < 1.29 is 78.9 Å². The highest BCUT2D eigenvalue weighted by molar-refractivity contribution is 6.02. The lowest BCUT2D eigenvalue weighted by Gasteiger charge is -2.46. The van der Waals surface area contributed by atoms with Crippen molar-refractivity contribution in [3.05, 3.63) is 41.5 Å². The number of aliphatic hydroxyl groups is 5. The van der Waals surface area contributed by atoms with Crippen molar-refractivity contribution in [2.45, 2.75) is 87.8 Å². The lowest BCUT2D eigenvalue weighted by Crippen LogP contribution is -2.65. The molecule has 16 nitrogen and oxygen atoms in total. The number of carbonyl (C=O) groups excluding carboxylic acids is 2. The largest absolute Gasteiger partial charge is 0.508 e. The zero-order valence-corrected chi connectivity index (χ0v) is 24.0. The minimum Gasteiger partial charge on any atom is -0.508 e. The summed E-state index contributed by atoms with van der Waals surface area (Å²) >= 11 is 0. The number of hydrogen-bond acceptors (Lipinski definition) is 16. The number of rotatable bonds is 7. The summed E-state index contributed by atoms with van der Waals surface area (Å²) in [5.41, 5.74) is 0.000360. The molecule has 2 aromatic rings. The predicted octanol–water partition coefficient (Wildman–Crippen LogP) is -0.889. The van der Waals surface area contributed by atoms with E-state index in [2.05, 4.69) is 0 Å². The first-order valence-electron chi connectivity index (χ1n) is 14.0. The van der Waals surface area contributed by atoms with Gasteiger partial charge in [-0.15, -0.1) is 0 Å². The molecule has 0 aliphatic carbocycles. The highest BCUT2D eigenvalue weighted by atomic mass is 16.7. The number of aromatic hydroxyl groups is 3. The van der Waals surface area contributed by atoms with E-state index in [1.807, 2.05) is 0 Å². The van der Waals surface area contributed by atoms with Crippen molar-refractivity contribution in [2.75, 3.05) is 6.61 Å². The average molecular weight is 639 g/mol. The maximum atomic E-state index is 13.0. The van der Waals surface area contributed by atoms with Crippen LogP contribution in [0.3, 0.4) is 0 Å². The number of aliphatic hydroxyl groups excluding tert-OH is 5. The van der Waals surface area contributed by atoms with E-state index in [0.29, 0.717) is 0 Å². The number of hydrogen-bond donors (Lipinski definition) is 8. The second-order valence-electron chi connectivity index (χ2n) is 11.0. The zero-order chi connectivity index (χ0) is 32.7. The fourth-order valence-electron chi connectivity index (χ4n) is 5.51. The molecule has 3 aliphatic heterocycles. The van der Waals surface area contributed by atoms with E-state index < -0.39 is 91.6 Å². The molecule has 0 bridgehead atoms. The van der Waals surface area contributed by atoms with Gasteiger partial charge in [0.15, 0.2) is 18.2 Å². The molecule has 2 saturated heterocycles. The van der Waals surface area contributed by atoms with Gasteiger partial charge < -0.3 is 69.3 Å². The molecule has 11 unspecified atom stereocenters. The number of phenols is 3. The molecule has 0 saturated carbocycles. The van der Waals surface area contributed by atoms with Gasteiger partial charge in [0, 0.05) is 24.6 Å². The van der Waals surface area contributed by atoms with E-state index in [1.54, 1.807) is 0 Å². The summed E-state index contributed by atoms with van der Waals surface area (Å²) in [5.74, 6) is -2.56. The minimum atomic E-state index is -1.84. The van der Waals surface area contributed by atoms with Gasteiger partial charge in [0.25, 0.3) is 0 Å². The Hall–Kier alpha value is -3.74. The van der Waals surface area contributed by atoms with E-state index in [9.17, 15) is 50.4 Å². The summed E-state index contributed by atoms with van der Waals surface area (Å²) < 4.78 is 34.5. The van der Waals surface area contributed by atoms with Crippen molar-refractivity contribution in [1.82, 2.24) is 0 Å². The molecule has 0 aromatic heterocycles. The lowest BCUT2D eigenvalue weighted by atomic mass is 9.94. The van der Waals surface area contributed by atoms with Gasteiger partial charge >= 0.3 is 5.97 Å². The molecule has 2 fully saturated rings. The maximum Gasteiger partial charge on any atom is 0.303 e. The monoisotopic (exact) mass is 638 g/mol. The topological polar surface area (TPSA) is 251 Å². The molecule has 2 aromatic carbocycles. The van der Waals surface area contributed by atoms with Gasteiger partial charge in [-0.1, -0.05) is 0 Å². The minimum absolute atomic E-state index is 0.0178. The number of Topliss-reactive ketones (excluding diaryl/α,β-unsaturated/α-hetero) is 1. The molecular weight excluding hydrogens is 604 g/mol. The van der Waals surface area contributed by atoms with Crippen LogP contribution in [0.2, 0.25) is 0 Å². The summed E-state index contributed by atoms with van der Waals surface area (Å²) in [4.78, 5) is 25.1. The van der Waals surface area contributed by atoms with Crippen molar-refractivity contribution in [2.24, 2.45) is 0 Å². The Morgan fingerprint density at radius 3 is 2.33 bits per heavy atom. The van der Waals surface area contributed by atoms with Crippen LogP contribution < -0.4 is 9.47 Å². The van der Waals surface area contributed by atoms with Gasteiger partial charge in [-0.05, 0) is 25.1 Å². The summed E-state index contributed by atoms with van der Waals surface area (Å²) in [6.07, 6.45) is -16.9. The number of esters is 1. The Balaban J connectivity index is 1.45. The molecule has 3 heterocycles. The van der Waals surface area contributed by atoms with E-state index in [0.717, 1.165) is 19.1 Å². The summed E-state index contributed by atoms with van der Waals surface area (Å²) in [6.45, 7) is 1.78. The number of carbonyl (C=O) groups is 2. The summed E-state index contributed by atoms with van der Waals surface area (Å²) in [6, 6.07) is 5.99. The molecule has 0 spiro atoms. The van der Waals surface area contributed by atoms with Crippen molar-refractivity contribution in [3.8, 4) is 28.7 Å². The number of benzene rings is 2. The van der Waals surface area contributed by atoms with Crippen molar-refractivity contribution in [1.29, 1.82) is 0 Å². The Morgan fingerprint density at radius 1 is 0.911 bits per heavy atom. The van der Waals surface area contributed by atoms with Gasteiger partial charge in [-0.2, -0.15) is 0 Å². The van der Waals surface area contributed by atoms with E-state index in [-0.39, 0.29) is 40.5 Å². The fourth-order valence-corrected chi connectivity index (χ4v) is 5.51. The van der Waals surface area contributed by atoms with Crippen LogP contribution in [0, 0.1) is 0 Å². The van der Waals surface area contributed by atoms with Gasteiger partial charge in [0.2, 0.25) is 6.29 Å². The average Bonchev–Trinajstić information content (AvgIpc) is 2.97. The summed E-state index contributed by atoms with van der Waals surface area (Å²) in [5, 5.41) is 81.7. The van der Waals surface area contributed by atoms with E-state index >= 15 is 0 Å². The highest BCUT2D eigenvalue weighted by Crippen LogP contribution is 2.44. The predicted molar refractivity (Wildman–Crippen MR) is 145 cm³/mol. The van der Waals surface area contributed by atoms with Gasteiger partial charge in [0.05, 0.1) is 19.1 Å². The normalized spacial score (nSPS) is 34.8. The molecule has 8 N–H and O–H groups in total. The molecule has 3 aliphatic rings. The van der Waals surface area contributed by atoms with Crippen LogP contribution in [0.5, 0.6) is 28.7 Å². The second-order valence-corrected chi connectivity index (χ2v) is 11.0. The van der Waals surface area contributed by atoms with Crippen molar-refractivity contribution in [3.63, 3.8) is 0 Å². The van der Waals surface area contributed by atoms with Crippen LogP contribution in [-0.2, 0) is 23.7 Å². The number of fused-ring (bicyclic) bond motifs is 1. The van der Waals surface area contributed by atoms with E-state index in [4.69, 9.17) is 28.4 Å². The smallest absolute Gasteiger partial charge is 0.303 e. The molecular formula is C29H34O16. The van der Waals surface area contributed by atoms with Crippen LogP contribution in [0.4, 0.5) is 0 Å². The third-order valence-corrected chi connectivity index (χ3v) is 7.77. The van der Waals surface area contributed by atoms with Crippen LogP contribution >= 0.6 is 0 Å². The van der Waals surface area contributed by atoms with Gasteiger partial charge in [-0.3, -0.25) is 9.59 Å². The molecule has 16 heteroatoms. The Labute approximate surface area is 255 Å². The van der Waals surface area contributed by atoms with Gasteiger partial charge in [-0.25, -0.2) is 0 Å². The molecule has 5 rings (SSSR count). The van der Waals surface area contributed by atoms with Crippen LogP contribution in [0.25, 0.3) is 0 Å². The quantitative estimate of drug-likeness (QED) is 0.171. The first-order valence-corrected chi connectivity index (χ1v) is 14.0. The highest BCUT2D eigenvalue weighted by Gasteiger charge is 2.52. The third kappa shape index (κ3) is 6.49. The Morgan fingerprint density at radius 2 is 1.64 bits per heavy atom. The Bertz CT molecular complexity index is 1410. The zero-order valence-electron chi connectivity index (χ0n) is 24.0. The molecule has 45 heavy (non-hydrogen) atoms. The summed E-state index contributed by atoms with van der Waals surface area (Å²) in [7, 11) is 0. The Kier molecular flexibility index (Phi) is 9.39. The molecule has 246 valence electrons. The maximum absolute atomic E-state index is 13.0. The first kappa shape index (κ1) is 32.6. The van der Waals surface area contributed by atoms with E-state index in [1.165, 1.54) is 25.1 Å². The number of ether oxygens (including phenoxy) is 6. The third-order valence-electron chi connectivity index (χ3n) is 7.77. The molecule has 0 amide bonds. The number of ketones is 1. The lowest BCUT2D eigenvalue weighted by molar-refractivity contribution is -0.351. The molecule has 0 radical (unpaired) electrons. The SMILES string of the molecule is CC(=O)OC1C(Oc2ccc(O)cc2C2CC(=O)c3c(O)cc(O)cc3O2)OC(C)C(O)C1OC1OC(CO)C(O)C(O)C1O. The standard InChI is InChI=1S/C29H34O16/c1-10-22(36)26(45-28-25(39)24(38)23(37)20(9-30)44-28)27(41-11(2)31)29(40-10)43-17-4-3-12(32)5-14(17)18-8-16(35)21-15(34)6-13(33)7-19(21)42-18/h3-7,10,18,20,22-30,32-34,36-39H,8-9H2,1-2H3. The molecule has 11 atom stereocenters. The van der Waals surface area contributed by atoms with Crippen LogP contribution in [0.1, 0.15) is 42.3 Å². The van der Waals surface area contributed by atoms with Gasteiger partial charge in [0.1, 0.15) is 77.0 Å². The van der Waals surface area contributed by atoms with Crippen LogP contribution in [0.15, 0.2) is 30.3 Å². The van der Waals surface area contributed by atoms with Crippen molar-refractivity contribution >= 4 is 11.8 Å². The number of phenolic OH excluding ortho intramolecular Hbond substituents is 3.